The van der Waals surface area contributed by atoms with E-state index >= 15 is 0 Å². The van der Waals surface area contributed by atoms with Gasteiger partial charge < -0.3 is 4.74 Å². The molecule has 0 N–H and O–H groups in total. The molecule has 0 atom stereocenters. The van der Waals surface area contributed by atoms with Crippen LogP contribution < -0.4 is 4.74 Å². The van der Waals surface area contributed by atoms with Gasteiger partial charge in [-0.15, -0.1) is 0 Å². The minimum atomic E-state index is -3.37. The summed E-state index contributed by atoms with van der Waals surface area (Å²) in [4.78, 5) is 0. The van der Waals surface area contributed by atoms with Gasteiger partial charge in [-0.1, -0.05) is 26.0 Å². The Balaban J connectivity index is 2.27. The van der Waals surface area contributed by atoms with Crippen molar-refractivity contribution in [3.8, 4) is 5.75 Å². The average Bonchev–Trinajstić information content (AvgIpc) is 2.27. The van der Waals surface area contributed by atoms with Gasteiger partial charge in [-0.05, 0) is 36.5 Å². The third kappa shape index (κ3) is 6.26. The zero-order valence-corrected chi connectivity index (χ0v) is 12.3. The van der Waals surface area contributed by atoms with Crippen molar-refractivity contribution in [2.24, 2.45) is 0 Å². The molecule has 3 nitrogen and oxygen atoms in total. The number of unbranched alkanes of at least 4 members (excludes halogenated alkanes) is 1. The Kier molecular flexibility index (Phi) is 5.96. The average molecular weight is 291 g/mol. The smallest absolute Gasteiger partial charge is 0.232 e. The molecule has 1 rings (SSSR count). The second-order valence-corrected chi connectivity index (χ2v) is 7.42. The summed E-state index contributed by atoms with van der Waals surface area (Å²) in [5.74, 6) is 1.32. The van der Waals surface area contributed by atoms with Gasteiger partial charge in [-0.25, -0.2) is 8.42 Å². The number of hydrogen-bond acceptors (Lipinski definition) is 3. The molecule has 18 heavy (non-hydrogen) atoms. The first-order valence-electron chi connectivity index (χ1n) is 6.03. The van der Waals surface area contributed by atoms with E-state index in [9.17, 15) is 8.42 Å². The van der Waals surface area contributed by atoms with E-state index in [4.69, 9.17) is 15.4 Å². The summed E-state index contributed by atoms with van der Waals surface area (Å²) in [5.41, 5.74) is 1.27. The maximum atomic E-state index is 10.7. The molecule has 0 unspecified atom stereocenters. The maximum absolute atomic E-state index is 10.7. The van der Waals surface area contributed by atoms with Crippen molar-refractivity contribution in [1.29, 1.82) is 0 Å². The van der Waals surface area contributed by atoms with Gasteiger partial charge >= 0.3 is 0 Å². The Morgan fingerprint density at radius 1 is 1.17 bits per heavy atom. The van der Waals surface area contributed by atoms with E-state index in [2.05, 4.69) is 13.8 Å². The third-order valence-corrected chi connectivity index (χ3v) is 3.84. The standard InChI is InChI=1S/C13H19ClO3S/c1-11(2)12-5-7-13(8-6-12)17-9-3-4-10-18(14,15)16/h5-8,11H,3-4,9-10H2,1-2H3. The molecule has 0 aliphatic rings. The highest BCUT2D eigenvalue weighted by Gasteiger charge is 2.04. The van der Waals surface area contributed by atoms with Crippen LogP contribution in [0.15, 0.2) is 24.3 Å². The van der Waals surface area contributed by atoms with E-state index in [-0.39, 0.29) is 5.75 Å². The summed E-state index contributed by atoms with van der Waals surface area (Å²) in [5, 5.41) is 0. The van der Waals surface area contributed by atoms with Crippen LogP contribution in [0.2, 0.25) is 0 Å². The molecule has 0 aliphatic heterocycles. The fraction of sp³-hybridized carbons (Fsp3) is 0.538. The van der Waals surface area contributed by atoms with Crippen LogP contribution in [0.3, 0.4) is 0 Å². The number of ether oxygens (including phenoxy) is 1. The fourth-order valence-electron chi connectivity index (χ4n) is 1.52. The van der Waals surface area contributed by atoms with Gasteiger partial charge in [0.25, 0.3) is 0 Å². The predicted octanol–water partition coefficient (Wildman–Crippen LogP) is 3.54. The minimum absolute atomic E-state index is 0.00417. The van der Waals surface area contributed by atoms with Gasteiger partial charge in [0.1, 0.15) is 5.75 Å². The SMILES string of the molecule is CC(C)c1ccc(OCCCCS(=O)(=O)Cl)cc1. The van der Waals surface area contributed by atoms with Crippen molar-refractivity contribution < 1.29 is 13.2 Å². The van der Waals surface area contributed by atoms with Crippen LogP contribution in [0.4, 0.5) is 0 Å². The molecular formula is C13H19ClO3S. The van der Waals surface area contributed by atoms with Gasteiger partial charge in [0.05, 0.1) is 12.4 Å². The first kappa shape index (κ1) is 15.3. The Morgan fingerprint density at radius 3 is 2.28 bits per heavy atom. The summed E-state index contributed by atoms with van der Waals surface area (Å²) in [6, 6.07) is 7.97. The van der Waals surface area contributed by atoms with Crippen LogP contribution in [-0.2, 0) is 9.05 Å². The van der Waals surface area contributed by atoms with Gasteiger partial charge in [-0.3, -0.25) is 0 Å². The van der Waals surface area contributed by atoms with Crippen molar-refractivity contribution in [3.63, 3.8) is 0 Å². The maximum Gasteiger partial charge on any atom is 0.232 e. The van der Waals surface area contributed by atoms with E-state index in [1.165, 1.54) is 5.56 Å². The van der Waals surface area contributed by atoms with Crippen LogP contribution >= 0.6 is 10.7 Å². The zero-order valence-electron chi connectivity index (χ0n) is 10.7. The minimum Gasteiger partial charge on any atom is -0.494 e. The Bertz CT molecular complexity index is 452. The van der Waals surface area contributed by atoms with E-state index in [1.807, 2.05) is 24.3 Å². The zero-order chi connectivity index (χ0) is 13.6. The Morgan fingerprint density at radius 2 is 1.78 bits per heavy atom. The molecule has 1 aromatic rings. The first-order valence-corrected chi connectivity index (χ1v) is 8.51. The lowest BCUT2D eigenvalue weighted by atomic mass is 10.0. The molecule has 0 spiro atoms. The van der Waals surface area contributed by atoms with Crippen molar-refractivity contribution in [1.82, 2.24) is 0 Å². The van der Waals surface area contributed by atoms with Crippen molar-refractivity contribution in [2.75, 3.05) is 12.4 Å². The summed E-state index contributed by atoms with van der Waals surface area (Å²) in [6.07, 6.45) is 1.20. The Labute approximate surface area is 114 Å². The summed E-state index contributed by atoms with van der Waals surface area (Å²) < 4.78 is 26.9. The van der Waals surface area contributed by atoms with Crippen LogP contribution in [-0.4, -0.2) is 20.8 Å². The highest BCUT2D eigenvalue weighted by Crippen LogP contribution is 2.18. The summed E-state index contributed by atoms with van der Waals surface area (Å²) >= 11 is 0. The topological polar surface area (TPSA) is 43.4 Å². The lowest BCUT2D eigenvalue weighted by Gasteiger charge is -2.08. The van der Waals surface area contributed by atoms with Crippen molar-refractivity contribution in [3.05, 3.63) is 29.8 Å². The number of rotatable bonds is 7. The molecule has 0 aliphatic carbocycles. The second kappa shape index (κ2) is 7.00. The van der Waals surface area contributed by atoms with E-state index in [0.29, 0.717) is 25.4 Å². The largest absolute Gasteiger partial charge is 0.494 e. The van der Waals surface area contributed by atoms with Crippen LogP contribution in [0, 0.1) is 0 Å². The molecule has 0 saturated heterocycles. The molecule has 0 amide bonds. The monoisotopic (exact) mass is 290 g/mol. The second-order valence-electron chi connectivity index (χ2n) is 4.52. The van der Waals surface area contributed by atoms with Gasteiger partial charge in [0.2, 0.25) is 9.05 Å². The third-order valence-electron chi connectivity index (χ3n) is 2.60. The summed E-state index contributed by atoms with van der Waals surface area (Å²) in [6.45, 7) is 4.79. The van der Waals surface area contributed by atoms with Crippen molar-refractivity contribution in [2.45, 2.75) is 32.6 Å². The molecule has 0 radical (unpaired) electrons. The van der Waals surface area contributed by atoms with E-state index < -0.39 is 9.05 Å². The fourth-order valence-corrected chi connectivity index (χ4v) is 2.39. The van der Waals surface area contributed by atoms with E-state index in [1.54, 1.807) is 0 Å². The highest BCUT2D eigenvalue weighted by molar-refractivity contribution is 8.13. The molecule has 0 aromatic heterocycles. The van der Waals surface area contributed by atoms with Crippen molar-refractivity contribution >= 4 is 19.7 Å². The predicted molar refractivity (Wildman–Crippen MR) is 74.9 cm³/mol. The molecule has 102 valence electrons. The summed E-state index contributed by atoms with van der Waals surface area (Å²) in [7, 11) is 1.74. The van der Waals surface area contributed by atoms with Crippen LogP contribution in [0.5, 0.6) is 5.75 Å². The van der Waals surface area contributed by atoms with Gasteiger partial charge in [-0.2, -0.15) is 0 Å². The molecule has 0 heterocycles. The lowest BCUT2D eigenvalue weighted by molar-refractivity contribution is 0.309. The molecule has 0 saturated carbocycles. The number of hydrogen-bond donors (Lipinski definition) is 0. The Hall–Kier alpha value is -0.740. The van der Waals surface area contributed by atoms with Gasteiger partial charge in [0.15, 0.2) is 0 Å². The molecule has 5 heteroatoms. The molecule has 1 aromatic carbocycles. The van der Waals surface area contributed by atoms with E-state index in [0.717, 1.165) is 5.75 Å². The quantitative estimate of drug-likeness (QED) is 0.570. The van der Waals surface area contributed by atoms with Crippen LogP contribution in [0.1, 0.15) is 38.2 Å². The number of benzene rings is 1. The lowest BCUT2D eigenvalue weighted by Crippen LogP contribution is -2.02. The highest BCUT2D eigenvalue weighted by atomic mass is 35.7. The van der Waals surface area contributed by atoms with Crippen LogP contribution in [0.25, 0.3) is 0 Å². The first-order chi connectivity index (χ1) is 8.38. The van der Waals surface area contributed by atoms with Gasteiger partial charge in [0, 0.05) is 10.7 Å². The molecule has 0 fully saturated rings. The number of halogens is 1. The normalized spacial score (nSPS) is 11.8. The molecular weight excluding hydrogens is 272 g/mol. The molecule has 0 bridgehead atoms.